The van der Waals surface area contributed by atoms with E-state index in [1.165, 1.54) is 29.5 Å². The molecule has 1 saturated heterocycles. The maximum atomic E-state index is 12.4. The number of fused-ring (bicyclic) bond motifs is 2. The van der Waals surface area contributed by atoms with Crippen LogP contribution in [0.4, 0.5) is 0 Å². The lowest BCUT2D eigenvalue weighted by molar-refractivity contribution is -0.163. The van der Waals surface area contributed by atoms with Crippen molar-refractivity contribution in [1.29, 1.82) is 0 Å². The van der Waals surface area contributed by atoms with Crippen LogP contribution in [0.25, 0.3) is 10.4 Å². The molecular formula is C17H17N3O6S. The van der Waals surface area contributed by atoms with Crippen LogP contribution in [0.3, 0.4) is 0 Å². The lowest BCUT2D eigenvalue weighted by Gasteiger charge is -2.46. The van der Waals surface area contributed by atoms with Crippen LogP contribution in [0.5, 0.6) is 0 Å². The van der Waals surface area contributed by atoms with E-state index in [1.54, 1.807) is 10.6 Å². The van der Waals surface area contributed by atoms with Crippen molar-refractivity contribution in [3.63, 3.8) is 0 Å². The SMILES string of the molecule is C[C@@H](O)[C@H]1C(=O)N2C(C(=O)O)=C(c3cn4cnc(C(=O)CO)c4s3)[C@H](C)[C@H]12. The number of hydrogen-bond acceptors (Lipinski definition) is 7. The normalized spacial score (nSPS) is 25.7. The summed E-state index contributed by atoms with van der Waals surface area (Å²) in [5, 5.41) is 28.7. The van der Waals surface area contributed by atoms with Crippen molar-refractivity contribution in [2.24, 2.45) is 11.8 Å². The van der Waals surface area contributed by atoms with E-state index < -0.39 is 42.3 Å². The van der Waals surface area contributed by atoms with Crippen molar-refractivity contribution < 1.29 is 29.7 Å². The molecule has 0 spiro atoms. The first-order valence-corrected chi connectivity index (χ1v) is 9.19. The number of aliphatic hydroxyl groups excluding tert-OH is 2. The van der Waals surface area contributed by atoms with E-state index in [4.69, 9.17) is 5.11 Å². The van der Waals surface area contributed by atoms with Gasteiger partial charge in [-0.3, -0.25) is 14.0 Å². The molecule has 27 heavy (non-hydrogen) atoms. The van der Waals surface area contributed by atoms with E-state index in [9.17, 15) is 24.6 Å². The van der Waals surface area contributed by atoms with Crippen LogP contribution >= 0.6 is 11.3 Å². The number of amides is 1. The van der Waals surface area contributed by atoms with Crippen molar-refractivity contribution in [2.75, 3.05) is 6.61 Å². The van der Waals surface area contributed by atoms with Crippen molar-refractivity contribution in [1.82, 2.24) is 14.3 Å². The van der Waals surface area contributed by atoms with Crippen molar-refractivity contribution in [2.45, 2.75) is 26.0 Å². The first-order chi connectivity index (χ1) is 12.8. The predicted molar refractivity (Wildman–Crippen MR) is 94.0 cm³/mol. The first-order valence-electron chi connectivity index (χ1n) is 8.37. The molecule has 0 saturated carbocycles. The van der Waals surface area contributed by atoms with E-state index >= 15 is 0 Å². The number of rotatable bonds is 5. The third-order valence-electron chi connectivity index (χ3n) is 5.26. The van der Waals surface area contributed by atoms with E-state index in [0.717, 1.165) is 0 Å². The Kier molecular flexibility index (Phi) is 3.95. The maximum absolute atomic E-state index is 12.4. The Hall–Kier alpha value is -2.56. The van der Waals surface area contributed by atoms with Crippen molar-refractivity contribution >= 4 is 39.4 Å². The standard InChI is InChI=1S/C17H17N3O6S/c1-6-10(9-3-19-5-18-12(8(23)4-21)16(19)27-9)14(17(25)26)20-13(6)11(7(2)22)15(20)24/h3,5-7,11,13,21-22H,4H2,1-2H3,(H,25,26)/t6-,7+,11+,13+/m0/s1. The molecule has 1 fully saturated rings. The monoisotopic (exact) mass is 391 g/mol. The number of ketones is 1. The van der Waals surface area contributed by atoms with Crippen LogP contribution in [0.2, 0.25) is 0 Å². The van der Waals surface area contributed by atoms with Gasteiger partial charge in [-0.15, -0.1) is 11.3 Å². The second-order valence-corrected chi connectivity index (χ2v) is 7.83. The number of thiazole rings is 1. The molecule has 4 atom stereocenters. The second kappa shape index (κ2) is 5.98. The molecule has 142 valence electrons. The smallest absolute Gasteiger partial charge is 0.352 e. The molecule has 2 aromatic rings. The molecule has 3 N–H and O–H groups in total. The second-order valence-electron chi connectivity index (χ2n) is 6.80. The lowest BCUT2D eigenvalue weighted by atomic mass is 9.77. The first kappa shape index (κ1) is 17.8. The highest BCUT2D eigenvalue weighted by atomic mass is 32.1. The Labute approximate surface area is 157 Å². The number of carbonyl (C=O) groups is 3. The van der Waals surface area contributed by atoms with Gasteiger partial charge >= 0.3 is 5.97 Å². The molecule has 4 heterocycles. The summed E-state index contributed by atoms with van der Waals surface area (Å²) in [6, 6.07) is -0.406. The molecule has 2 aliphatic heterocycles. The number of aliphatic hydroxyl groups is 2. The average molecular weight is 391 g/mol. The minimum atomic E-state index is -1.21. The summed E-state index contributed by atoms with van der Waals surface area (Å²) in [6.45, 7) is 2.69. The zero-order chi connectivity index (χ0) is 19.6. The largest absolute Gasteiger partial charge is 0.477 e. The molecule has 2 aromatic heterocycles. The molecule has 0 bridgehead atoms. The van der Waals surface area contributed by atoms with Crippen LogP contribution in [-0.4, -0.2) is 66.0 Å². The number of carboxylic acids is 1. The Morgan fingerprint density at radius 2 is 2.11 bits per heavy atom. The van der Waals surface area contributed by atoms with Crippen LogP contribution < -0.4 is 0 Å². The molecule has 0 radical (unpaired) electrons. The lowest BCUT2D eigenvalue weighted by Crippen LogP contribution is -2.63. The number of imidazole rings is 1. The highest BCUT2D eigenvalue weighted by molar-refractivity contribution is 7.18. The van der Waals surface area contributed by atoms with E-state index in [1.807, 2.05) is 6.92 Å². The fourth-order valence-electron chi connectivity index (χ4n) is 4.08. The molecule has 0 aliphatic carbocycles. The van der Waals surface area contributed by atoms with Crippen LogP contribution in [0, 0.1) is 11.8 Å². The molecular weight excluding hydrogens is 374 g/mol. The summed E-state index contributed by atoms with van der Waals surface area (Å²) in [4.78, 5) is 42.5. The van der Waals surface area contributed by atoms with Gasteiger partial charge in [-0.1, -0.05) is 6.92 Å². The quantitative estimate of drug-likeness (QED) is 0.491. The summed E-state index contributed by atoms with van der Waals surface area (Å²) >= 11 is 1.19. The molecule has 1 amide bonds. The van der Waals surface area contributed by atoms with Gasteiger partial charge in [0, 0.05) is 17.7 Å². The van der Waals surface area contributed by atoms with Gasteiger partial charge in [-0.2, -0.15) is 0 Å². The van der Waals surface area contributed by atoms with Gasteiger partial charge in [0.15, 0.2) is 0 Å². The summed E-state index contributed by atoms with van der Waals surface area (Å²) in [7, 11) is 0. The van der Waals surface area contributed by atoms with E-state index in [2.05, 4.69) is 4.98 Å². The van der Waals surface area contributed by atoms with E-state index in [0.29, 0.717) is 15.3 Å². The summed E-state index contributed by atoms with van der Waals surface area (Å²) < 4.78 is 1.60. The molecule has 0 unspecified atom stereocenters. The minimum Gasteiger partial charge on any atom is -0.477 e. The molecule has 2 aliphatic rings. The van der Waals surface area contributed by atoms with Crippen molar-refractivity contribution in [3.05, 3.63) is 28.8 Å². The van der Waals surface area contributed by atoms with Crippen LogP contribution in [0.1, 0.15) is 29.2 Å². The number of β-lactam (4-membered cyclic amide) rings is 1. The Morgan fingerprint density at radius 3 is 2.70 bits per heavy atom. The van der Waals surface area contributed by atoms with Gasteiger partial charge in [0.1, 0.15) is 29.2 Å². The Balaban J connectivity index is 1.84. The van der Waals surface area contributed by atoms with Crippen molar-refractivity contribution in [3.8, 4) is 0 Å². The molecule has 0 aromatic carbocycles. The number of hydrogen-bond donors (Lipinski definition) is 3. The highest BCUT2D eigenvalue weighted by Crippen LogP contribution is 2.51. The number of nitrogens with zero attached hydrogens (tertiary/aromatic N) is 3. The Morgan fingerprint density at radius 1 is 1.41 bits per heavy atom. The van der Waals surface area contributed by atoms with Gasteiger partial charge in [0.25, 0.3) is 0 Å². The summed E-state index contributed by atoms with van der Waals surface area (Å²) in [6.07, 6.45) is 2.23. The van der Waals surface area contributed by atoms with Gasteiger partial charge in [-0.05, 0) is 6.92 Å². The van der Waals surface area contributed by atoms with Gasteiger partial charge in [0.05, 0.1) is 22.9 Å². The summed E-state index contributed by atoms with van der Waals surface area (Å²) in [5.41, 5.74) is 0.542. The van der Waals surface area contributed by atoms with Crippen LogP contribution in [0.15, 0.2) is 18.2 Å². The highest BCUT2D eigenvalue weighted by Gasteiger charge is 2.60. The van der Waals surface area contributed by atoms with Gasteiger partial charge < -0.3 is 20.2 Å². The zero-order valence-electron chi connectivity index (χ0n) is 14.5. The third kappa shape index (κ3) is 2.30. The number of Topliss-reactive ketones (excluding diaryl/α,β-unsaturated/α-hetero) is 1. The zero-order valence-corrected chi connectivity index (χ0v) is 15.3. The number of aromatic nitrogens is 2. The number of carboxylic acid groups (broad SMARTS) is 1. The molecule has 4 rings (SSSR count). The Bertz CT molecular complexity index is 1020. The maximum Gasteiger partial charge on any atom is 0.352 e. The number of aliphatic carboxylic acids is 1. The third-order valence-corrected chi connectivity index (χ3v) is 6.40. The fourth-order valence-corrected chi connectivity index (χ4v) is 5.32. The predicted octanol–water partition coefficient (Wildman–Crippen LogP) is 0.224. The van der Waals surface area contributed by atoms with Crippen LogP contribution in [-0.2, 0) is 9.59 Å². The summed E-state index contributed by atoms with van der Waals surface area (Å²) in [5.74, 6) is -3.05. The molecule has 9 nitrogen and oxygen atoms in total. The van der Waals surface area contributed by atoms with Gasteiger partial charge in [-0.25, -0.2) is 9.78 Å². The van der Waals surface area contributed by atoms with Gasteiger partial charge in [0.2, 0.25) is 11.7 Å². The average Bonchev–Trinajstić information content (AvgIpc) is 3.23. The number of carbonyl (C=O) groups excluding carboxylic acids is 2. The topological polar surface area (TPSA) is 132 Å². The minimum absolute atomic E-state index is 0.0816. The molecule has 10 heteroatoms. The van der Waals surface area contributed by atoms with E-state index in [-0.39, 0.29) is 17.3 Å². The fraction of sp³-hybridized carbons (Fsp3) is 0.412.